The topological polar surface area (TPSA) is 55.1 Å². The summed E-state index contributed by atoms with van der Waals surface area (Å²) >= 11 is 0. The molecule has 13 heavy (non-hydrogen) atoms. The molecule has 0 heterocycles. The molecule has 0 aromatic carbocycles. The van der Waals surface area contributed by atoms with Gasteiger partial charge in [-0.1, -0.05) is 12.8 Å². The molecule has 0 saturated heterocycles. The summed E-state index contributed by atoms with van der Waals surface area (Å²) < 4.78 is 25.3. The molecule has 0 unspecified atom stereocenters. The second kappa shape index (κ2) is 4.00. The molecule has 1 saturated carbocycles. The van der Waals surface area contributed by atoms with E-state index in [2.05, 4.69) is 11.1 Å². The Labute approximate surface area is 75.7 Å². The first-order valence-electron chi connectivity index (χ1n) is 4.43. The van der Waals surface area contributed by atoms with E-state index >= 15 is 0 Å². The van der Waals surface area contributed by atoms with Gasteiger partial charge in [0.25, 0.3) is 5.91 Å². The van der Waals surface area contributed by atoms with E-state index in [0.29, 0.717) is 0 Å². The van der Waals surface area contributed by atoms with E-state index in [1.54, 1.807) is 0 Å². The number of nitrogens with two attached hydrogens (primary N) is 1. The highest BCUT2D eigenvalue weighted by molar-refractivity contribution is 5.81. The van der Waals surface area contributed by atoms with Crippen LogP contribution in [0.25, 0.3) is 0 Å². The number of amides is 1. The average Bonchev–Trinajstić information content (AvgIpc) is 2.52. The van der Waals surface area contributed by atoms with Crippen LogP contribution in [0.1, 0.15) is 25.7 Å². The maximum absolute atomic E-state index is 12.7. The Morgan fingerprint density at radius 3 is 2.46 bits per heavy atom. The summed E-state index contributed by atoms with van der Waals surface area (Å²) in [5, 5.41) is 2.65. The Bertz CT molecular complexity index is 191. The van der Waals surface area contributed by atoms with E-state index in [4.69, 9.17) is 0 Å². The highest BCUT2D eigenvalue weighted by Crippen LogP contribution is 2.19. The molecule has 3 nitrogen and oxygen atoms in total. The first-order chi connectivity index (χ1) is 6.02. The summed E-state index contributed by atoms with van der Waals surface area (Å²) in [5.74, 6) is -4.97. The van der Waals surface area contributed by atoms with E-state index < -0.39 is 18.4 Å². The van der Waals surface area contributed by atoms with E-state index in [9.17, 15) is 13.6 Å². The summed E-state index contributed by atoms with van der Waals surface area (Å²) in [7, 11) is 0. The fourth-order valence-electron chi connectivity index (χ4n) is 1.49. The van der Waals surface area contributed by atoms with Gasteiger partial charge in [-0.2, -0.15) is 8.78 Å². The molecule has 0 atom stereocenters. The lowest BCUT2D eigenvalue weighted by atomic mass is 10.2. The van der Waals surface area contributed by atoms with Crippen molar-refractivity contribution in [3.8, 4) is 0 Å². The van der Waals surface area contributed by atoms with Crippen molar-refractivity contribution in [3.63, 3.8) is 0 Å². The van der Waals surface area contributed by atoms with Crippen molar-refractivity contribution in [2.75, 3.05) is 6.54 Å². The summed E-state index contributed by atoms with van der Waals surface area (Å²) in [4.78, 5) is 10.3. The Morgan fingerprint density at radius 2 is 2.00 bits per heavy atom. The molecule has 0 aliphatic heterocycles. The predicted octanol–water partition coefficient (Wildman–Crippen LogP) is 0.639. The van der Waals surface area contributed by atoms with Crippen LogP contribution in [-0.4, -0.2) is 24.4 Å². The van der Waals surface area contributed by atoms with Crippen molar-refractivity contribution in [1.29, 1.82) is 0 Å². The standard InChI is InChI=1S/C8H14F2N2O/c9-8(10,7(11)13)5-12-6-3-1-2-4-6/h6,12H,1-5H2,(H2,11,13). The van der Waals surface area contributed by atoms with Gasteiger partial charge in [-0.25, -0.2) is 0 Å². The molecule has 1 rings (SSSR count). The molecule has 76 valence electrons. The number of halogens is 2. The van der Waals surface area contributed by atoms with Gasteiger partial charge in [-0.15, -0.1) is 0 Å². The number of hydrogen-bond donors (Lipinski definition) is 2. The summed E-state index contributed by atoms with van der Waals surface area (Å²) in [5.41, 5.74) is 4.53. The van der Waals surface area contributed by atoms with Gasteiger partial charge < -0.3 is 11.1 Å². The number of carbonyl (C=O) groups is 1. The van der Waals surface area contributed by atoms with Crippen molar-refractivity contribution in [1.82, 2.24) is 5.32 Å². The lowest BCUT2D eigenvalue weighted by Crippen LogP contribution is -2.46. The van der Waals surface area contributed by atoms with Crippen molar-refractivity contribution in [3.05, 3.63) is 0 Å². The van der Waals surface area contributed by atoms with Crippen molar-refractivity contribution in [2.45, 2.75) is 37.6 Å². The quantitative estimate of drug-likeness (QED) is 0.686. The predicted molar refractivity (Wildman–Crippen MR) is 44.4 cm³/mol. The van der Waals surface area contributed by atoms with Crippen LogP contribution in [0.3, 0.4) is 0 Å². The van der Waals surface area contributed by atoms with Gasteiger partial charge in [0.15, 0.2) is 0 Å². The summed E-state index contributed by atoms with van der Waals surface area (Å²) in [6, 6.07) is 0.130. The van der Waals surface area contributed by atoms with E-state index in [1.807, 2.05) is 0 Å². The number of hydrogen-bond acceptors (Lipinski definition) is 2. The Hall–Kier alpha value is -0.710. The van der Waals surface area contributed by atoms with E-state index in [-0.39, 0.29) is 6.04 Å². The number of rotatable bonds is 4. The third kappa shape index (κ3) is 2.91. The SMILES string of the molecule is NC(=O)C(F)(F)CNC1CCCC1. The highest BCUT2D eigenvalue weighted by atomic mass is 19.3. The van der Waals surface area contributed by atoms with Crippen LogP contribution in [0.15, 0.2) is 0 Å². The summed E-state index contributed by atoms with van der Waals surface area (Å²) in [6.07, 6.45) is 3.96. The molecular formula is C8H14F2N2O. The monoisotopic (exact) mass is 192 g/mol. The minimum atomic E-state index is -3.41. The average molecular weight is 192 g/mol. The molecule has 1 aliphatic carbocycles. The van der Waals surface area contributed by atoms with E-state index in [1.165, 1.54) is 0 Å². The zero-order chi connectivity index (χ0) is 9.90. The molecule has 1 fully saturated rings. The fraction of sp³-hybridized carbons (Fsp3) is 0.875. The number of nitrogens with one attached hydrogen (secondary N) is 1. The number of primary amides is 1. The molecule has 0 aromatic rings. The van der Waals surface area contributed by atoms with Crippen molar-refractivity contribution in [2.24, 2.45) is 5.73 Å². The normalized spacial score (nSPS) is 19.2. The number of alkyl halides is 2. The van der Waals surface area contributed by atoms with Gasteiger partial charge in [0.1, 0.15) is 0 Å². The van der Waals surface area contributed by atoms with Crippen LogP contribution in [0.5, 0.6) is 0 Å². The van der Waals surface area contributed by atoms with Crippen LogP contribution in [0, 0.1) is 0 Å². The molecule has 3 N–H and O–H groups in total. The Kier molecular flexibility index (Phi) is 3.19. The molecule has 1 aliphatic rings. The molecule has 0 bridgehead atoms. The molecule has 0 aromatic heterocycles. The fourth-order valence-corrected chi connectivity index (χ4v) is 1.49. The van der Waals surface area contributed by atoms with Gasteiger partial charge in [0.2, 0.25) is 0 Å². The molecule has 5 heteroatoms. The smallest absolute Gasteiger partial charge is 0.336 e. The van der Waals surface area contributed by atoms with Crippen LogP contribution >= 0.6 is 0 Å². The number of carbonyl (C=O) groups excluding carboxylic acids is 1. The first kappa shape index (κ1) is 10.4. The zero-order valence-electron chi connectivity index (χ0n) is 7.35. The van der Waals surface area contributed by atoms with Crippen LogP contribution in [0.2, 0.25) is 0 Å². The largest absolute Gasteiger partial charge is 0.364 e. The second-order valence-corrected chi connectivity index (χ2v) is 3.43. The van der Waals surface area contributed by atoms with Crippen LogP contribution < -0.4 is 11.1 Å². The first-order valence-corrected chi connectivity index (χ1v) is 4.43. The minimum Gasteiger partial charge on any atom is -0.364 e. The van der Waals surface area contributed by atoms with Gasteiger partial charge in [0.05, 0.1) is 6.54 Å². The maximum atomic E-state index is 12.7. The summed E-state index contributed by atoms with van der Waals surface area (Å²) in [6.45, 7) is -0.632. The van der Waals surface area contributed by atoms with Crippen molar-refractivity contribution < 1.29 is 13.6 Å². The molecule has 0 spiro atoms. The molecular weight excluding hydrogens is 178 g/mol. The lowest BCUT2D eigenvalue weighted by molar-refractivity contribution is -0.141. The highest BCUT2D eigenvalue weighted by Gasteiger charge is 2.36. The van der Waals surface area contributed by atoms with Gasteiger partial charge in [-0.05, 0) is 12.8 Å². The molecule has 0 radical (unpaired) electrons. The van der Waals surface area contributed by atoms with Crippen molar-refractivity contribution >= 4 is 5.91 Å². The maximum Gasteiger partial charge on any atom is 0.336 e. The minimum absolute atomic E-state index is 0.130. The third-order valence-electron chi connectivity index (χ3n) is 2.33. The Balaban J connectivity index is 2.28. The molecule has 1 amide bonds. The third-order valence-corrected chi connectivity index (χ3v) is 2.33. The Morgan fingerprint density at radius 1 is 1.46 bits per heavy atom. The van der Waals surface area contributed by atoms with Gasteiger partial charge >= 0.3 is 5.92 Å². The van der Waals surface area contributed by atoms with E-state index in [0.717, 1.165) is 25.7 Å². The van der Waals surface area contributed by atoms with Crippen LogP contribution in [-0.2, 0) is 4.79 Å². The lowest BCUT2D eigenvalue weighted by Gasteiger charge is -2.16. The van der Waals surface area contributed by atoms with Crippen LogP contribution in [0.4, 0.5) is 8.78 Å². The zero-order valence-corrected chi connectivity index (χ0v) is 7.35. The van der Waals surface area contributed by atoms with Gasteiger partial charge in [-0.3, -0.25) is 4.79 Å². The second-order valence-electron chi connectivity index (χ2n) is 3.43. The van der Waals surface area contributed by atoms with Gasteiger partial charge in [0, 0.05) is 6.04 Å².